The molecule has 2 amide bonds. The number of aryl methyl sites for hydroxylation is 1. The van der Waals surface area contributed by atoms with Crippen LogP contribution in [-0.4, -0.2) is 22.6 Å². The van der Waals surface area contributed by atoms with Gasteiger partial charge in [-0.1, -0.05) is 28.0 Å². The van der Waals surface area contributed by atoms with Crippen molar-refractivity contribution >= 4 is 27.6 Å². The molecular weight excluding hydrogens is 358 g/mol. The number of hydrogen-bond donors (Lipinski definition) is 1. The maximum Gasteiger partial charge on any atom is 0.322 e. The summed E-state index contributed by atoms with van der Waals surface area (Å²) in [5.74, 6) is 0.891. The Morgan fingerprint density at radius 2 is 2.22 bits per heavy atom. The fourth-order valence-corrected chi connectivity index (χ4v) is 3.16. The van der Waals surface area contributed by atoms with Crippen LogP contribution >= 0.6 is 15.9 Å². The number of nitrogens with one attached hydrogen (secondary N) is 1. The molecule has 1 unspecified atom stereocenters. The molecule has 1 aliphatic heterocycles. The summed E-state index contributed by atoms with van der Waals surface area (Å²) in [6.07, 6.45) is 3.80. The molecular formula is C17H20BrN3O2. The second-order valence-electron chi connectivity index (χ2n) is 5.76. The molecule has 23 heavy (non-hydrogen) atoms. The van der Waals surface area contributed by atoms with Crippen LogP contribution in [0.3, 0.4) is 0 Å². The molecule has 2 aromatic rings. The molecule has 122 valence electrons. The maximum absolute atomic E-state index is 12.6. The third-order valence-corrected chi connectivity index (χ3v) is 4.55. The van der Waals surface area contributed by atoms with E-state index in [0.29, 0.717) is 0 Å². The van der Waals surface area contributed by atoms with Crippen LogP contribution in [0.1, 0.15) is 43.7 Å². The second kappa shape index (κ2) is 7.17. The lowest BCUT2D eigenvalue weighted by Crippen LogP contribution is -2.34. The van der Waals surface area contributed by atoms with Crippen molar-refractivity contribution in [2.45, 2.75) is 38.6 Å². The van der Waals surface area contributed by atoms with Crippen LogP contribution in [0.4, 0.5) is 10.5 Å². The summed E-state index contributed by atoms with van der Waals surface area (Å²) in [5, 5.41) is 7.12. The van der Waals surface area contributed by atoms with E-state index in [1.807, 2.05) is 35.2 Å². The van der Waals surface area contributed by atoms with Gasteiger partial charge in [0.05, 0.1) is 6.04 Å². The third-order valence-electron chi connectivity index (χ3n) is 4.02. The van der Waals surface area contributed by atoms with Gasteiger partial charge in [-0.3, -0.25) is 0 Å². The van der Waals surface area contributed by atoms with Gasteiger partial charge in [-0.05, 0) is 43.5 Å². The fourth-order valence-electron chi connectivity index (χ4n) is 2.90. The van der Waals surface area contributed by atoms with Gasteiger partial charge in [0.2, 0.25) is 0 Å². The fraction of sp³-hybridized carbons (Fsp3) is 0.412. The number of rotatable bonds is 4. The van der Waals surface area contributed by atoms with Crippen molar-refractivity contribution in [1.29, 1.82) is 0 Å². The minimum Gasteiger partial charge on any atom is -0.361 e. The first kappa shape index (κ1) is 16.1. The zero-order chi connectivity index (χ0) is 16.2. The molecule has 0 aliphatic carbocycles. The van der Waals surface area contributed by atoms with Crippen LogP contribution in [0.5, 0.6) is 0 Å². The number of anilines is 1. The second-order valence-corrected chi connectivity index (χ2v) is 6.67. The zero-order valence-electron chi connectivity index (χ0n) is 13.1. The molecule has 0 radical (unpaired) electrons. The predicted octanol–water partition coefficient (Wildman–Crippen LogP) is 4.76. The number of halogens is 1. The topological polar surface area (TPSA) is 58.4 Å². The SMILES string of the molecule is CCCc1cc(C2CCCN2C(=O)Nc2ccc(Br)cc2)no1. The molecule has 1 atom stereocenters. The number of hydrogen-bond acceptors (Lipinski definition) is 3. The molecule has 1 N–H and O–H groups in total. The van der Waals surface area contributed by atoms with Crippen LogP contribution < -0.4 is 5.32 Å². The average molecular weight is 378 g/mol. The van der Waals surface area contributed by atoms with Gasteiger partial charge in [0, 0.05) is 29.2 Å². The Kier molecular flexibility index (Phi) is 5.00. The molecule has 0 saturated carbocycles. The highest BCUT2D eigenvalue weighted by molar-refractivity contribution is 9.10. The summed E-state index contributed by atoms with van der Waals surface area (Å²) < 4.78 is 6.35. The van der Waals surface area contributed by atoms with E-state index in [4.69, 9.17) is 4.52 Å². The van der Waals surface area contributed by atoms with E-state index in [2.05, 4.69) is 33.3 Å². The van der Waals surface area contributed by atoms with Gasteiger partial charge in [-0.25, -0.2) is 4.79 Å². The van der Waals surface area contributed by atoms with E-state index < -0.39 is 0 Å². The van der Waals surface area contributed by atoms with Gasteiger partial charge in [0.15, 0.2) is 0 Å². The Hall–Kier alpha value is -1.82. The Bertz CT molecular complexity index is 669. The van der Waals surface area contributed by atoms with E-state index in [0.717, 1.165) is 53.8 Å². The highest BCUT2D eigenvalue weighted by Gasteiger charge is 2.32. The minimum absolute atomic E-state index is 0.000181. The van der Waals surface area contributed by atoms with Crippen molar-refractivity contribution in [3.8, 4) is 0 Å². The number of amides is 2. The average Bonchev–Trinajstić information content (AvgIpc) is 3.18. The molecule has 6 heteroatoms. The molecule has 1 aromatic carbocycles. The minimum atomic E-state index is -0.0881. The Balaban J connectivity index is 1.70. The van der Waals surface area contributed by atoms with Crippen LogP contribution in [0.15, 0.2) is 39.3 Å². The quantitative estimate of drug-likeness (QED) is 0.835. The molecule has 0 bridgehead atoms. The van der Waals surface area contributed by atoms with Gasteiger partial charge in [0.1, 0.15) is 11.5 Å². The number of urea groups is 1. The molecule has 1 saturated heterocycles. The first-order valence-corrected chi connectivity index (χ1v) is 8.75. The summed E-state index contributed by atoms with van der Waals surface area (Å²) in [6, 6.07) is 9.47. The van der Waals surface area contributed by atoms with E-state index in [1.165, 1.54) is 0 Å². The lowest BCUT2D eigenvalue weighted by Gasteiger charge is -2.23. The van der Waals surface area contributed by atoms with Crippen LogP contribution in [0.2, 0.25) is 0 Å². The number of carbonyl (C=O) groups excluding carboxylic acids is 1. The predicted molar refractivity (Wildman–Crippen MR) is 92.3 cm³/mol. The highest BCUT2D eigenvalue weighted by atomic mass is 79.9. The van der Waals surface area contributed by atoms with Crippen LogP contribution in [0, 0.1) is 0 Å². The summed E-state index contributed by atoms with van der Waals surface area (Å²) in [4.78, 5) is 14.4. The van der Waals surface area contributed by atoms with Crippen molar-refractivity contribution in [1.82, 2.24) is 10.1 Å². The largest absolute Gasteiger partial charge is 0.361 e. The third kappa shape index (κ3) is 3.75. The molecule has 1 aromatic heterocycles. The molecule has 3 rings (SSSR count). The first-order valence-electron chi connectivity index (χ1n) is 7.96. The molecule has 1 aliphatic rings. The van der Waals surface area contributed by atoms with E-state index in [1.54, 1.807) is 0 Å². The Labute approximate surface area is 144 Å². The van der Waals surface area contributed by atoms with Crippen LogP contribution in [0.25, 0.3) is 0 Å². The van der Waals surface area contributed by atoms with Gasteiger partial charge < -0.3 is 14.7 Å². The summed E-state index contributed by atoms with van der Waals surface area (Å²) in [5.41, 5.74) is 1.65. The van der Waals surface area contributed by atoms with Crippen molar-refractivity contribution in [3.63, 3.8) is 0 Å². The highest BCUT2D eigenvalue weighted by Crippen LogP contribution is 2.32. The molecule has 5 nitrogen and oxygen atoms in total. The lowest BCUT2D eigenvalue weighted by atomic mass is 10.1. The number of nitrogens with zero attached hydrogens (tertiary/aromatic N) is 2. The standard InChI is InChI=1S/C17H20BrN3O2/c1-2-4-14-11-15(20-23-14)16-5-3-10-21(16)17(22)19-13-8-6-12(18)7-9-13/h6-9,11,16H,2-5,10H2,1H3,(H,19,22). The maximum atomic E-state index is 12.6. The lowest BCUT2D eigenvalue weighted by molar-refractivity contribution is 0.204. The van der Waals surface area contributed by atoms with Crippen molar-refractivity contribution in [3.05, 3.63) is 46.3 Å². The monoisotopic (exact) mass is 377 g/mol. The summed E-state index contributed by atoms with van der Waals surface area (Å²) in [6.45, 7) is 2.85. The van der Waals surface area contributed by atoms with Crippen molar-refractivity contribution in [2.24, 2.45) is 0 Å². The van der Waals surface area contributed by atoms with E-state index in [9.17, 15) is 4.79 Å². The normalized spacial score (nSPS) is 17.5. The number of likely N-dealkylation sites (tertiary alicyclic amines) is 1. The molecule has 2 heterocycles. The van der Waals surface area contributed by atoms with Crippen LogP contribution in [-0.2, 0) is 6.42 Å². The molecule has 1 fully saturated rings. The van der Waals surface area contributed by atoms with Gasteiger partial charge >= 0.3 is 6.03 Å². The van der Waals surface area contributed by atoms with Gasteiger partial charge in [-0.15, -0.1) is 0 Å². The smallest absolute Gasteiger partial charge is 0.322 e. The number of benzene rings is 1. The van der Waals surface area contributed by atoms with Crippen molar-refractivity contribution < 1.29 is 9.32 Å². The zero-order valence-corrected chi connectivity index (χ0v) is 14.7. The number of aromatic nitrogens is 1. The molecule has 0 spiro atoms. The summed E-state index contributed by atoms with van der Waals surface area (Å²) >= 11 is 3.39. The first-order chi connectivity index (χ1) is 11.2. The summed E-state index contributed by atoms with van der Waals surface area (Å²) in [7, 11) is 0. The Morgan fingerprint density at radius 1 is 1.43 bits per heavy atom. The van der Waals surface area contributed by atoms with E-state index in [-0.39, 0.29) is 12.1 Å². The van der Waals surface area contributed by atoms with Gasteiger partial charge in [-0.2, -0.15) is 0 Å². The number of carbonyl (C=O) groups is 1. The van der Waals surface area contributed by atoms with E-state index >= 15 is 0 Å². The van der Waals surface area contributed by atoms with Gasteiger partial charge in [0.25, 0.3) is 0 Å². The Morgan fingerprint density at radius 3 is 2.96 bits per heavy atom. The van der Waals surface area contributed by atoms with Crippen molar-refractivity contribution in [2.75, 3.05) is 11.9 Å².